The Morgan fingerprint density at radius 1 is 1.31 bits per heavy atom. The van der Waals surface area contributed by atoms with Gasteiger partial charge in [0, 0.05) is 18.8 Å². The fraction of sp³-hybridized carbons (Fsp3) is 0.429. The number of aliphatic hydroxyl groups excluding tert-OH is 1. The highest BCUT2D eigenvalue weighted by atomic mass is 16.3. The maximum absolute atomic E-state index is 9.69. The molecular weight excluding hydrogens is 198 g/mol. The first-order valence-corrected chi connectivity index (χ1v) is 5.86. The van der Waals surface area contributed by atoms with Crippen molar-refractivity contribution < 1.29 is 5.11 Å². The minimum atomic E-state index is -0.344. The first-order chi connectivity index (χ1) is 7.72. The molecule has 0 amide bonds. The molecule has 2 heteroatoms. The monoisotopic (exact) mass is 219 g/mol. The van der Waals surface area contributed by atoms with E-state index in [1.54, 1.807) is 0 Å². The van der Waals surface area contributed by atoms with Crippen molar-refractivity contribution in [3.05, 3.63) is 42.5 Å². The first-order valence-electron chi connectivity index (χ1n) is 5.86. The van der Waals surface area contributed by atoms with Crippen LogP contribution in [0, 0.1) is 0 Å². The summed E-state index contributed by atoms with van der Waals surface area (Å²) in [6.45, 7) is 9.67. The van der Waals surface area contributed by atoms with Gasteiger partial charge in [0.25, 0.3) is 0 Å². The summed E-state index contributed by atoms with van der Waals surface area (Å²) in [6, 6.07) is 8.10. The lowest BCUT2D eigenvalue weighted by Crippen LogP contribution is -2.22. The molecule has 1 aromatic carbocycles. The van der Waals surface area contributed by atoms with Crippen molar-refractivity contribution >= 4 is 5.69 Å². The van der Waals surface area contributed by atoms with Crippen molar-refractivity contribution in [2.75, 3.05) is 18.0 Å². The van der Waals surface area contributed by atoms with Crippen molar-refractivity contribution in [1.82, 2.24) is 0 Å². The lowest BCUT2D eigenvalue weighted by atomic mass is 10.1. The van der Waals surface area contributed by atoms with E-state index < -0.39 is 0 Å². The average molecular weight is 219 g/mol. The number of aliphatic hydroxyl groups is 1. The molecule has 0 aliphatic heterocycles. The molecule has 2 nitrogen and oxygen atoms in total. The molecule has 0 spiro atoms. The number of hydrogen-bond donors (Lipinski definition) is 1. The van der Waals surface area contributed by atoms with E-state index in [-0.39, 0.29) is 6.10 Å². The average Bonchev–Trinajstić information content (AvgIpc) is 2.35. The van der Waals surface area contributed by atoms with E-state index >= 15 is 0 Å². The molecule has 16 heavy (non-hydrogen) atoms. The van der Waals surface area contributed by atoms with E-state index in [0.717, 1.165) is 25.1 Å². The maximum Gasteiger partial charge on any atom is 0.0787 e. The normalized spacial score (nSPS) is 12.2. The Morgan fingerprint density at radius 3 is 2.38 bits per heavy atom. The van der Waals surface area contributed by atoms with Gasteiger partial charge in [-0.2, -0.15) is 0 Å². The van der Waals surface area contributed by atoms with Crippen molar-refractivity contribution in [3.63, 3.8) is 0 Å². The molecule has 1 atom stereocenters. The van der Waals surface area contributed by atoms with Crippen LogP contribution in [0.25, 0.3) is 0 Å². The molecule has 1 N–H and O–H groups in total. The Kier molecular flexibility index (Phi) is 5.06. The second-order valence-corrected chi connectivity index (χ2v) is 3.84. The van der Waals surface area contributed by atoms with Crippen molar-refractivity contribution in [3.8, 4) is 0 Å². The number of likely N-dealkylation sites (N-methyl/N-ethyl adjacent to an activating group) is 1. The third kappa shape index (κ3) is 3.11. The van der Waals surface area contributed by atoms with E-state index in [1.165, 1.54) is 5.69 Å². The smallest absolute Gasteiger partial charge is 0.0787 e. The van der Waals surface area contributed by atoms with E-state index in [0.29, 0.717) is 0 Å². The Hall–Kier alpha value is -1.28. The second kappa shape index (κ2) is 6.33. The van der Waals surface area contributed by atoms with Gasteiger partial charge in [0.1, 0.15) is 0 Å². The molecule has 0 heterocycles. The molecule has 0 aromatic heterocycles. The van der Waals surface area contributed by atoms with Gasteiger partial charge in [-0.3, -0.25) is 0 Å². The zero-order valence-corrected chi connectivity index (χ0v) is 10.2. The summed E-state index contributed by atoms with van der Waals surface area (Å²) < 4.78 is 0. The number of anilines is 1. The van der Waals surface area contributed by atoms with Crippen LogP contribution in [0.15, 0.2) is 36.9 Å². The van der Waals surface area contributed by atoms with Gasteiger partial charge >= 0.3 is 0 Å². The minimum Gasteiger partial charge on any atom is -0.388 e. The topological polar surface area (TPSA) is 23.5 Å². The molecule has 0 aliphatic carbocycles. The summed E-state index contributed by atoms with van der Waals surface area (Å²) in [5.41, 5.74) is 2.16. The predicted molar refractivity (Wildman–Crippen MR) is 69.8 cm³/mol. The lowest BCUT2D eigenvalue weighted by Gasteiger charge is -2.21. The summed E-state index contributed by atoms with van der Waals surface area (Å²) in [6.07, 6.45) is 2.31. The summed E-state index contributed by atoms with van der Waals surface area (Å²) in [5.74, 6) is 0. The molecular formula is C14H21NO. The van der Waals surface area contributed by atoms with Crippen molar-refractivity contribution in [2.24, 2.45) is 0 Å². The third-order valence-corrected chi connectivity index (χ3v) is 2.76. The van der Waals surface area contributed by atoms with Gasteiger partial charge in [-0.25, -0.2) is 0 Å². The van der Waals surface area contributed by atoms with Gasteiger partial charge in [-0.15, -0.1) is 6.58 Å². The molecule has 0 fully saturated rings. The molecule has 0 radical (unpaired) electrons. The van der Waals surface area contributed by atoms with Gasteiger partial charge in [0.2, 0.25) is 0 Å². The molecule has 0 saturated carbocycles. The zero-order valence-electron chi connectivity index (χ0n) is 10.2. The largest absolute Gasteiger partial charge is 0.388 e. The molecule has 0 unspecified atom stereocenters. The highest BCUT2D eigenvalue weighted by molar-refractivity contribution is 5.48. The van der Waals surface area contributed by atoms with Crippen LogP contribution in [0.5, 0.6) is 0 Å². The number of nitrogens with zero attached hydrogens (tertiary/aromatic N) is 1. The SMILES string of the molecule is C=CCN(CC)c1ccc([C@H](O)CC)cc1. The summed E-state index contributed by atoms with van der Waals surface area (Å²) in [4.78, 5) is 2.23. The minimum absolute atomic E-state index is 0.344. The summed E-state index contributed by atoms with van der Waals surface area (Å²) in [7, 11) is 0. The van der Waals surface area contributed by atoms with Crippen molar-refractivity contribution in [1.29, 1.82) is 0 Å². The number of rotatable bonds is 6. The van der Waals surface area contributed by atoms with Crippen LogP contribution in [-0.4, -0.2) is 18.2 Å². The van der Waals surface area contributed by atoms with Crippen LogP contribution in [0.2, 0.25) is 0 Å². The van der Waals surface area contributed by atoms with Gasteiger partial charge in [0.15, 0.2) is 0 Å². The van der Waals surface area contributed by atoms with E-state index in [9.17, 15) is 5.11 Å². The molecule has 0 saturated heterocycles. The van der Waals surface area contributed by atoms with Crippen LogP contribution in [-0.2, 0) is 0 Å². The van der Waals surface area contributed by atoms with Crippen LogP contribution in [0.3, 0.4) is 0 Å². The predicted octanol–water partition coefficient (Wildman–Crippen LogP) is 3.14. The van der Waals surface area contributed by atoms with E-state index in [4.69, 9.17) is 0 Å². The second-order valence-electron chi connectivity index (χ2n) is 3.84. The quantitative estimate of drug-likeness (QED) is 0.743. The van der Waals surface area contributed by atoms with Crippen molar-refractivity contribution in [2.45, 2.75) is 26.4 Å². The Morgan fingerprint density at radius 2 is 1.94 bits per heavy atom. The lowest BCUT2D eigenvalue weighted by molar-refractivity contribution is 0.173. The molecule has 0 bridgehead atoms. The molecule has 0 aliphatic rings. The third-order valence-electron chi connectivity index (χ3n) is 2.76. The fourth-order valence-corrected chi connectivity index (χ4v) is 1.72. The zero-order chi connectivity index (χ0) is 12.0. The highest BCUT2D eigenvalue weighted by Crippen LogP contribution is 2.20. The summed E-state index contributed by atoms with van der Waals surface area (Å²) >= 11 is 0. The first kappa shape index (κ1) is 12.8. The van der Waals surface area contributed by atoms with Gasteiger partial charge in [0.05, 0.1) is 6.10 Å². The fourth-order valence-electron chi connectivity index (χ4n) is 1.72. The van der Waals surface area contributed by atoms with Crippen LogP contribution in [0.1, 0.15) is 31.9 Å². The number of benzene rings is 1. The Labute approximate surface area is 98.2 Å². The van der Waals surface area contributed by atoms with Crippen LogP contribution >= 0.6 is 0 Å². The molecule has 1 rings (SSSR count). The Bertz CT molecular complexity index is 318. The standard InChI is InChI=1S/C14H21NO/c1-4-11-15(6-3)13-9-7-12(8-10-13)14(16)5-2/h4,7-10,14,16H,1,5-6,11H2,2-3H3/t14-/m1/s1. The van der Waals surface area contributed by atoms with E-state index in [1.807, 2.05) is 25.1 Å². The van der Waals surface area contributed by atoms with Gasteiger partial charge in [-0.1, -0.05) is 25.1 Å². The Balaban J connectivity index is 2.80. The number of hydrogen-bond acceptors (Lipinski definition) is 2. The van der Waals surface area contributed by atoms with E-state index in [2.05, 4.69) is 30.5 Å². The van der Waals surface area contributed by atoms with Gasteiger partial charge < -0.3 is 10.0 Å². The summed E-state index contributed by atoms with van der Waals surface area (Å²) in [5, 5.41) is 9.69. The highest BCUT2D eigenvalue weighted by Gasteiger charge is 2.06. The van der Waals surface area contributed by atoms with Crippen LogP contribution < -0.4 is 4.90 Å². The maximum atomic E-state index is 9.69. The molecule has 88 valence electrons. The molecule has 1 aromatic rings. The van der Waals surface area contributed by atoms with Crippen LogP contribution in [0.4, 0.5) is 5.69 Å². The van der Waals surface area contributed by atoms with Gasteiger partial charge in [-0.05, 0) is 31.0 Å².